The van der Waals surface area contributed by atoms with Gasteiger partial charge in [0, 0.05) is 0 Å². The molecule has 3 aliphatic carbocycles. The molecule has 0 heteroatoms. The molecular weight excluding hydrogens is 348 g/mol. The van der Waals surface area contributed by atoms with Crippen LogP contribution in [0.2, 0.25) is 0 Å². The zero-order valence-electron chi connectivity index (χ0n) is 20.5. The van der Waals surface area contributed by atoms with Crippen molar-refractivity contribution in [3.63, 3.8) is 0 Å². The third kappa shape index (κ3) is 7.88. The van der Waals surface area contributed by atoms with Crippen LogP contribution in [0.1, 0.15) is 143 Å². The molecule has 0 aromatic rings. The Morgan fingerprint density at radius 3 is 1.66 bits per heavy atom. The molecule has 0 aromatic carbocycles. The van der Waals surface area contributed by atoms with Crippen LogP contribution in [-0.2, 0) is 0 Å². The lowest BCUT2D eigenvalue weighted by atomic mass is 9.71. The molecule has 3 rings (SSSR count). The molecule has 4 atom stereocenters. The Morgan fingerprint density at radius 2 is 0.966 bits per heavy atom. The van der Waals surface area contributed by atoms with Crippen LogP contribution in [0.5, 0.6) is 0 Å². The van der Waals surface area contributed by atoms with Gasteiger partial charge in [0.2, 0.25) is 0 Å². The third-order valence-electron chi connectivity index (χ3n) is 9.63. The smallest absolute Gasteiger partial charge is 0.0383 e. The van der Waals surface area contributed by atoms with Crippen molar-refractivity contribution in [1.29, 1.82) is 0 Å². The molecule has 170 valence electrons. The molecule has 0 nitrogen and oxygen atoms in total. The van der Waals surface area contributed by atoms with Crippen molar-refractivity contribution >= 4 is 0 Å². The Kier molecular flexibility index (Phi) is 10.4. The van der Waals surface area contributed by atoms with E-state index in [1.807, 2.05) is 0 Å². The molecule has 3 fully saturated rings. The molecule has 0 heterocycles. The SMILES string of the molecule is CCC1CCC(C2CCCCC(C)CC(C)CC(C3CCCCC3)CCC2)CC1. The molecule has 0 spiro atoms. The van der Waals surface area contributed by atoms with Gasteiger partial charge in [-0.1, -0.05) is 117 Å². The first-order chi connectivity index (χ1) is 14.2. The second kappa shape index (κ2) is 12.8. The van der Waals surface area contributed by atoms with Gasteiger partial charge < -0.3 is 0 Å². The lowest BCUT2D eigenvalue weighted by Crippen LogP contribution is -2.23. The summed E-state index contributed by atoms with van der Waals surface area (Å²) in [5.74, 6) is 7.23. The molecule has 4 unspecified atom stereocenters. The molecule has 0 bridgehead atoms. The molecule has 0 amide bonds. The van der Waals surface area contributed by atoms with E-state index in [9.17, 15) is 0 Å². The van der Waals surface area contributed by atoms with E-state index in [0.717, 1.165) is 41.4 Å². The lowest BCUT2D eigenvalue weighted by molar-refractivity contribution is 0.164. The average Bonchev–Trinajstić information content (AvgIpc) is 2.76. The highest BCUT2D eigenvalue weighted by atomic mass is 14.3. The van der Waals surface area contributed by atoms with E-state index >= 15 is 0 Å². The van der Waals surface area contributed by atoms with Gasteiger partial charge in [0.05, 0.1) is 0 Å². The zero-order valence-corrected chi connectivity index (χ0v) is 20.5. The van der Waals surface area contributed by atoms with E-state index in [1.54, 1.807) is 57.8 Å². The largest absolute Gasteiger partial charge is 0.0651 e. The summed E-state index contributed by atoms with van der Waals surface area (Å²) in [6, 6.07) is 0. The van der Waals surface area contributed by atoms with Crippen LogP contribution in [0.3, 0.4) is 0 Å². The molecule has 0 saturated heterocycles. The van der Waals surface area contributed by atoms with E-state index in [1.165, 1.54) is 64.2 Å². The van der Waals surface area contributed by atoms with Gasteiger partial charge in [0.1, 0.15) is 0 Å². The second-order valence-electron chi connectivity index (χ2n) is 12.0. The van der Waals surface area contributed by atoms with Crippen molar-refractivity contribution < 1.29 is 0 Å². The maximum Gasteiger partial charge on any atom is -0.0383 e. The quantitative estimate of drug-likeness (QED) is 0.440. The minimum Gasteiger partial charge on any atom is -0.0651 e. The summed E-state index contributed by atoms with van der Waals surface area (Å²) in [5, 5.41) is 0. The fourth-order valence-electron chi connectivity index (χ4n) is 7.79. The van der Waals surface area contributed by atoms with Gasteiger partial charge in [-0.2, -0.15) is 0 Å². The van der Waals surface area contributed by atoms with Crippen molar-refractivity contribution in [2.24, 2.45) is 41.4 Å². The van der Waals surface area contributed by atoms with Gasteiger partial charge in [-0.25, -0.2) is 0 Å². The highest BCUT2D eigenvalue weighted by molar-refractivity contribution is 4.81. The number of hydrogen-bond acceptors (Lipinski definition) is 0. The van der Waals surface area contributed by atoms with Crippen molar-refractivity contribution in [1.82, 2.24) is 0 Å². The Balaban J connectivity index is 1.59. The maximum atomic E-state index is 2.58. The highest BCUT2D eigenvalue weighted by Crippen LogP contribution is 2.42. The minimum atomic E-state index is 0.955. The van der Waals surface area contributed by atoms with Crippen LogP contribution in [0.4, 0.5) is 0 Å². The standard InChI is InChI=1S/C29H54/c1-4-25-17-19-28(20-18-25)26-14-9-8-11-23(2)21-24(3)22-29(16-10-15-26)27-12-6-5-7-13-27/h23-29H,4-22H2,1-3H3. The minimum absolute atomic E-state index is 0.955. The van der Waals surface area contributed by atoms with Gasteiger partial charge in [-0.05, 0) is 67.1 Å². The number of hydrogen-bond donors (Lipinski definition) is 0. The van der Waals surface area contributed by atoms with Gasteiger partial charge in [-0.3, -0.25) is 0 Å². The Labute approximate surface area is 184 Å². The Hall–Kier alpha value is 0. The van der Waals surface area contributed by atoms with Gasteiger partial charge in [0.25, 0.3) is 0 Å². The van der Waals surface area contributed by atoms with Crippen LogP contribution in [0.15, 0.2) is 0 Å². The molecular formula is C29H54. The third-order valence-corrected chi connectivity index (χ3v) is 9.63. The summed E-state index contributed by atoms with van der Waals surface area (Å²) in [6.45, 7) is 7.55. The van der Waals surface area contributed by atoms with Crippen LogP contribution < -0.4 is 0 Å². The van der Waals surface area contributed by atoms with Crippen LogP contribution in [0.25, 0.3) is 0 Å². The first kappa shape index (κ1) is 23.7. The summed E-state index contributed by atoms with van der Waals surface area (Å²) in [5.41, 5.74) is 0. The summed E-state index contributed by atoms with van der Waals surface area (Å²) < 4.78 is 0. The van der Waals surface area contributed by atoms with Crippen molar-refractivity contribution in [2.75, 3.05) is 0 Å². The fourth-order valence-corrected chi connectivity index (χ4v) is 7.79. The van der Waals surface area contributed by atoms with E-state index in [4.69, 9.17) is 0 Å². The molecule has 0 N–H and O–H groups in total. The highest BCUT2D eigenvalue weighted by Gasteiger charge is 2.29. The van der Waals surface area contributed by atoms with Crippen molar-refractivity contribution in [3.8, 4) is 0 Å². The molecule has 0 aliphatic heterocycles. The summed E-state index contributed by atoms with van der Waals surface area (Å²) >= 11 is 0. The van der Waals surface area contributed by atoms with Crippen LogP contribution in [-0.4, -0.2) is 0 Å². The zero-order chi connectivity index (χ0) is 20.5. The average molecular weight is 403 g/mol. The fraction of sp³-hybridized carbons (Fsp3) is 1.00. The second-order valence-corrected chi connectivity index (χ2v) is 12.0. The molecule has 0 radical (unpaired) electrons. The van der Waals surface area contributed by atoms with Crippen LogP contribution >= 0.6 is 0 Å². The topological polar surface area (TPSA) is 0 Å². The number of rotatable bonds is 3. The van der Waals surface area contributed by atoms with Crippen molar-refractivity contribution in [2.45, 2.75) is 143 Å². The predicted molar refractivity (Wildman–Crippen MR) is 129 cm³/mol. The predicted octanol–water partition coefficient (Wildman–Crippen LogP) is 9.81. The van der Waals surface area contributed by atoms with E-state index < -0.39 is 0 Å². The van der Waals surface area contributed by atoms with Crippen LogP contribution in [0, 0.1) is 41.4 Å². The summed E-state index contributed by atoms with van der Waals surface area (Å²) in [7, 11) is 0. The van der Waals surface area contributed by atoms with E-state index in [2.05, 4.69) is 20.8 Å². The van der Waals surface area contributed by atoms with Gasteiger partial charge in [-0.15, -0.1) is 0 Å². The lowest BCUT2D eigenvalue weighted by Gasteiger charge is -2.35. The first-order valence-electron chi connectivity index (χ1n) is 14.2. The van der Waals surface area contributed by atoms with E-state index in [-0.39, 0.29) is 0 Å². The molecule has 3 saturated carbocycles. The molecule has 29 heavy (non-hydrogen) atoms. The summed E-state index contributed by atoms with van der Waals surface area (Å²) in [6.07, 6.45) is 29.1. The van der Waals surface area contributed by atoms with Gasteiger partial charge >= 0.3 is 0 Å². The summed E-state index contributed by atoms with van der Waals surface area (Å²) in [4.78, 5) is 0. The van der Waals surface area contributed by atoms with Gasteiger partial charge in [0.15, 0.2) is 0 Å². The first-order valence-corrected chi connectivity index (χ1v) is 14.2. The Morgan fingerprint density at radius 1 is 0.448 bits per heavy atom. The molecule has 3 aliphatic rings. The molecule has 0 aromatic heterocycles. The van der Waals surface area contributed by atoms with Crippen molar-refractivity contribution in [3.05, 3.63) is 0 Å². The Bertz CT molecular complexity index is 412. The monoisotopic (exact) mass is 402 g/mol. The maximum absolute atomic E-state index is 2.58. The van der Waals surface area contributed by atoms with E-state index in [0.29, 0.717) is 0 Å². The normalized spacial score (nSPS) is 39.8.